The molecule has 0 saturated carbocycles. The van der Waals surface area contributed by atoms with E-state index >= 15 is 0 Å². The predicted octanol–water partition coefficient (Wildman–Crippen LogP) is 3.77. The Labute approximate surface area is 236 Å². The summed E-state index contributed by atoms with van der Waals surface area (Å²) in [5, 5.41) is 2.81. The number of aromatic nitrogens is 2. The molecule has 10 nitrogen and oxygen atoms in total. The Kier molecular flexibility index (Phi) is 8.97. The normalized spacial score (nSPS) is 25.5. The second kappa shape index (κ2) is 12.1. The van der Waals surface area contributed by atoms with Gasteiger partial charge in [-0.3, -0.25) is 9.59 Å². The van der Waals surface area contributed by atoms with Gasteiger partial charge < -0.3 is 24.4 Å². The van der Waals surface area contributed by atoms with Crippen molar-refractivity contribution in [1.82, 2.24) is 20.2 Å². The highest BCUT2D eigenvalue weighted by Crippen LogP contribution is 2.40. The molecule has 0 spiro atoms. The second-order valence-electron chi connectivity index (χ2n) is 10.3. The lowest BCUT2D eigenvalue weighted by Gasteiger charge is -2.34. The highest BCUT2D eigenvalue weighted by molar-refractivity contribution is 6.05. The first kappa shape index (κ1) is 30.4. The maximum Gasteiger partial charge on any atom is 0.423 e. The van der Waals surface area contributed by atoms with Crippen LogP contribution < -0.4 is 10.1 Å². The molecule has 1 N–H and O–H groups in total. The first-order valence-corrected chi connectivity index (χ1v) is 13.4. The highest BCUT2D eigenvalue weighted by Gasteiger charge is 2.41. The number of carbonyl (C=O) groups excluding carboxylic acids is 2. The molecule has 3 aliphatic rings. The molecule has 0 fully saturated rings. The van der Waals surface area contributed by atoms with Gasteiger partial charge in [0.1, 0.15) is 16.9 Å². The Balaban J connectivity index is 1.64. The van der Waals surface area contributed by atoms with Crippen LogP contribution in [0.25, 0.3) is 0 Å². The minimum atomic E-state index is -4.81. The number of hydrogen-bond donors (Lipinski definition) is 1. The molecule has 3 unspecified atom stereocenters. The lowest BCUT2D eigenvalue weighted by molar-refractivity contribution is -0.139. The molecule has 13 heteroatoms. The Bertz CT molecular complexity index is 1320. The van der Waals surface area contributed by atoms with E-state index in [2.05, 4.69) is 20.3 Å². The average molecular weight is 578 g/mol. The van der Waals surface area contributed by atoms with Crippen LogP contribution in [0.3, 0.4) is 0 Å². The van der Waals surface area contributed by atoms with E-state index in [1.807, 2.05) is 13.8 Å². The summed E-state index contributed by atoms with van der Waals surface area (Å²) >= 11 is 0. The molecule has 222 valence electrons. The number of hydrogen-bond acceptors (Lipinski definition) is 8. The molecule has 0 bridgehead atoms. The Hall–Kier alpha value is -3.58. The molecule has 2 aliphatic carbocycles. The third-order valence-corrected chi connectivity index (χ3v) is 7.44. The molecule has 1 aliphatic heterocycles. The number of alkyl halides is 3. The number of amides is 2. The minimum Gasteiger partial charge on any atom is -0.438 e. The summed E-state index contributed by atoms with van der Waals surface area (Å²) in [6, 6.07) is 0. The van der Waals surface area contributed by atoms with Crippen LogP contribution >= 0.6 is 0 Å². The number of methoxy groups -OCH3 is 1. The topological polar surface area (TPSA) is 115 Å². The number of halogens is 3. The summed E-state index contributed by atoms with van der Waals surface area (Å²) in [6.45, 7) is 7.23. The van der Waals surface area contributed by atoms with Crippen LogP contribution in [-0.4, -0.2) is 78.5 Å². The van der Waals surface area contributed by atoms with E-state index in [1.165, 1.54) is 12.0 Å². The van der Waals surface area contributed by atoms with Gasteiger partial charge in [0.15, 0.2) is 0 Å². The van der Waals surface area contributed by atoms with Crippen molar-refractivity contribution in [2.75, 3.05) is 40.5 Å². The van der Waals surface area contributed by atoms with Gasteiger partial charge in [-0.2, -0.15) is 18.2 Å². The third-order valence-electron chi connectivity index (χ3n) is 7.44. The van der Waals surface area contributed by atoms with E-state index in [4.69, 9.17) is 14.2 Å². The molecule has 0 aromatic carbocycles. The number of carbonyl (C=O) groups is 2. The maximum absolute atomic E-state index is 13.9. The smallest absolute Gasteiger partial charge is 0.423 e. The van der Waals surface area contributed by atoms with Crippen LogP contribution in [0.1, 0.15) is 39.2 Å². The fourth-order valence-corrected chi connectivity index (χ4v) is 4.94. The number of allylic oxidation sites excluding steroid dienone is 1. The number of nitrogens with one attached hydrogen (secondary N) is 1. The number of rotatable bonds is 9. The van der Waals surface area contributed by atoms with Crippen molar-refractivity contribution < 1.29 is 37.0 Å². The van der Waals surface area contributed by atoms with Crippen molar-refractivity contribution in [1.29, 1.82) is 0 Å². The van der Waals surface area contributed by atoms with Crippen LogP contribution in [0.2, 0.25) is 0 Å². The molecule has 3 atom stereocenters. The van der Waals surface area contributed by atoms with E-state index in [0.29, 0.717) is 44.6 Å². The van der Waals surface area contributed by atoms with Crippen LogP contribution in [0.15, 0.2) is 46.3 Å². The van der Waals surface area contributed by atoms with E-state index < -0.39 is 29.1 Å². The first-order chi connectivity index (χ1) is 19.4. The molecule has 4 rings (SSSR count). The highest BCUT2D eigenvalue weighted by atomic mass is 19.4. The number of likely N-dealkylation sites (N-methyl/N-ethyl adjacent to an activating group) is 1. The fourth-order valence-electron chi connectivity index (χ4n) is 4.94. The van der Waals surface area contributed by atoms with E-state index in [-0.39, 0.29) is 41.4 Å². The zero-order chi connectivity index (χ0) is 29.9. The van der Waals surface area contributed by atoms with Crippen LogP contribution in [-0.2, 0) is 25.2 Å². The van der Waals surface area contributed by atoms with Crippen molar-refractivity contribution in [3.63, 3.8) is 0 Å². The van der Waals surface area contributed by atoms with Gasteiger partial charge >= 0.3 is 6.18 Å². The van der Waals surface area contributed by atoms with Crippen LogP contribution in [0, 0.1) is 11.8 Å². The Morgan fingerprint density at radius 3 is 2.78 bits per heavy atom. The van der Waals surface area contributed by atoms with Crippen molar-refractivity contribution in [2.45, 2.75) is 45.4 Å². The van der Waals surface area contributed by atoms with Crippen LogP contribution in [0.4, 0.5) is 19.1 Å². The van der Waals surface area contributed by atoms with Gasteiger partial charge in [0.25, 0.3) is 11.9 Å². The number of ether oxygens (including phenoxy) is 3. The van der Waals surface area contributed by atoms with Crippen LogP contribution in [0.5, 0.6) is 5.88 Å². The number of nitrogens with zero attached hydrogens (tertiary/aromatic N) is 4. The molecule has 0 saturated heterocycles. The zero-order valence-electron chi connectivity index (χ0n) is 23.7. The Morgan fingerprint density at radius 1 is 1.34 bits per heavy atom. The largest absolute Gasteiger partial charge is 0.438 e. The predicted molar refractivity (Wildman–Crippen MR) is 143 cm³/mol. The van der Waals surface area contributed by atoms with Crippen molar-refractivity contribution in [3.8, 4) is 5.88 Å². The van der Waals surface area contributed by atoms with E-state index in [0.717, 1.165) is 5.57 Å². The number of aliphatic imine (C=N–C) groups is 1. The molecule has 41 heavy (non-hydrogen) atoms. The van der Waals surface area contributed by atoms with Gasteiger partial charge in [0.2, 0.25) is 11.8 Å². The summed E-state index contributed by atoms with van der Waals surface area (Å²) in [7, 11) is 3.09. The van der Waals surface area contributed by atoms with Gasteiger partial charge in [0, 0.05) is 40.1 Å². The van der Waals surface area contributed by atoms with Crippen molar-refractivity contribution >= 4 is 23.5 Å². The quantitative estimate of drug-likeness (QED) is 0.445. The molecule has 1 aromatic rings. The fraction of sp³-hybridized carbons (Fsp3) is 0.536. The summed E-state index contributed by atoms with van der Waals surface area (Å²) in [5.74, 6) is -2.00. The van der Waals surface area contributed by atoms with Crippen molar-refractivity contribution in [2.24, 2.45) is 16.8 Å². The zero-order valence-corrected chi connectivity index (χ0v) is 23.7. The lowest BCUT2D eigenvalue weighted by Crippen LogP contribution is -2.45. The maximum atomic E-state index is 13.9. The molecular weight excluding hydrogens is 543 g/mol. The first-order valence-electron chi connectivity index (χ1n) is 13.4. The molecule has 0 radical (unpaired) electrons. The van der Waals surface area contributed by atoms with E-state index in [9.17, 15) is 22.8 Å². The van der Waals surface area contributed by atoms with Gasteiger partial charge in [0.05, 0.1) is 23.8 Å². The van der Waals surface area contributed by atoms with Gasteiger partial charge in [-0.25, -0.2) is 9.98 Å². The minimum absolute atomic E-state index is 0.0349. The second-order valence-corrected chi connectivity index (χ2v) is 10.3. The molecule has 2 heterocycles. The lowest BCUT2D eigenvalue weighted by atomic mass is 9.82. The monoisotopic (exact) mass is 577 g/mol. The van der Waals surface area contributed by atoms with Crippen molar-refractivity contribution in [3.05, 3.63) is 46.9 Å². The summed E-state index contributed by atoms with van der Waals surface area (Å²) in [4.78, 5) is 39.1. The van der Waals surface area contributed by atoms with Gasteiger partial charge in [-0.1, -0.05) is 13.0 Å². The van der Waals surface area contributed by atoms with E-state index in [1.54, 1.807) is 32.2 Å². The summed E-state index contributed by atoms with van der Waals surface area (Å²) in [6.07, 6.45) is 1.38. The van der Waals surface area contributed by atoms with Gasteiger partial charge in [-0.05, 0) is 50.3 Å². The summed E-state index contributed by atoms with van der Waals surface area (Å²) < 4.78 is 58.4. The standard InChI is InChI=1S/C28H34F3N5O5/c1-6-40-12-11-32-23(37)17-8-10-21(27(3,13-17)39-5)34-26-33-14-19(28(29,30)31)24(35-26)41-20-9-7-16(2)18-15-36(4)25(38)22(18)20/h8-10,14,16-17H,6-7,11-13,15H2,1-5H3,(H,32,37). The Morgan fingerprint density at radius 2 is 2.10 bits per heavy atom. The molecule has 1 aromatic heterocycles. The SMILES string of the molecule is CCOCCNC(=O)C1C=CC(=Nc2ncc(C(F)(F)F)c(OC3=CCC(C)C4=C3C(=O)N(C)C4)n2)C(C)(OC)C1. The average Bonchev–Trinajstić information content (AvgIpc) is 3.23. The summed E-state index contributed by atoms with van der Waals surface area (Å²) in [5.41, 5.74) is -0.838. The van der Waals surface area contributed by atoms with Gasteiger partial charge in [-0.15, -0.1) is 0 Å². The molecular formula is C28H34F3N5O5. The molecule has 2 amide bonds. The third kappa shape index (κ3) is 6.51.